The Morgan fingerprint density at radius 2 is 2.00 bits per heavy atom. The Hall–Kier alpha value is -0.810. The van der Waals surface area contributed by atoms with Crippen LogP contribution < -0.4 is 5.73 Å². The van der Waals surface area contributed by atoms with Crippen LogP contribution in [0.1, 0.15) is 27.2 Å². The Kier molecular flexibility index (Phi) is 8.51. The van der Waals surface area contributed by atoms with E-state index in [0.717, 1.165) is 0 Å². The summed E-state index contributed by atoms with van der Waals surface area (Å²) in [5.41, 5.74) is 6.24. The smallest absolute Gasteiger partial charge is 0.302 e. The number of hydrogen-bond acceptors (Lipinski definition) is 9. The fraction of sp³-hybridized carbons (Fsp3) is 0.933. The van der Waals surface area contributed by atoms with E-state index in [-0.39, 0.29) is 26.4 Å². The molecule has 0 unspecified atom stereocenters. The molecule has 9 nitrogen and oxygen atoms in total. The Morgan fingerprint density at radius 1 is 1.33 bits per heavy atom. The van der Waals surface area contributed by atoms with E-state index in [1.54, 1.807) is 13.8 Å². The van der Waals surface area contributed by atoms with Crippen molar-refractivity contribution in [2.45, 2.75) is 63.4 Å². The predicted molar refractivity (Wildman–Crippen MR) is 82.9 cm³/mol. The molecule has 0 radical (unpaired) electrons. The van der Waals surface area contributed by atoms with E-state index in [1.807, 2.05) is 0 Å². The van der Waals surface area contributed by atoms with E-state index in [4.69, 9.17) is 29.4 Å². The second-order valence-corrected chi connectivity index (χ2v) is 6.10. The maximum absolute atomic E-state index is 11.3. The molecule has 9 heteroatoms. The van der Waals surface area contributed by atoms with Crippen LogP contribution in [0.15, 0.2) is 0 Å². The van der Waals surface area contributed by atoms with Crippen LogP contribution in [0.4, 0.5) is 0 Å². The summed E-state index contributed by atoms with van der Waals surface area (Å²) in [6.07, 6.45) is -2.75. The number of esters is 1. The van der Waals surface area contributed by atoms with Gasteiger partial charge in [0.05, 0.1) is 12.6 Å². The number of carbonyl (C=O) groups excluding carboxylic acids is 1. The van der Waals surface area contributed by atoms with Gasteiger partial charge in [0, 0.05) is 27.1 Å². The van der Waals surface area contributed by atoms with E-state index in [1.165, 1.54) is 14.0 Å². The first-order chi connectivity index (χ1) is 11.3. The summed E-state index contributed by atoms with van der Waals surface area (Å²) in [6.45, 7) is 4.13. The van der Waals surface area contributed by atoms with Crippen LogP contribution in [-0.2, 0) is 28.5 Å². The highest BCUT2D eigenvalue weighted by molar-refractivity contribution is 5.66. The molecule has 1 saturated heterocycles. The molecule has 0 aromatic heterocycles. The summed E-state index contributed by atoms with van der Waals surface area (Å²) >= 11 is 0. The number of methoxy groups -OCH3 is 1. The standard InChI is InChI=1S/C15H29NO8/c1-9(19)22-10(5-6-17)12(16)14(21-8-20-4)13-11(7-18)23-15(2,3)24-13/h10-14,17-18H,5-8,16H2,1-4H3/t10-,11-,12+,13+,14+/m0/s1. The molecule has 1 rings (SSSR count). The molecule has 5 atom stereocenters. The van der Waals surface area contributed by atoms with Crippen LogP contribution in [0.3, 0.4) is 0 Å². The minimum Gasteiger partial charge on any atom is -0.461 e. The van der Waals surface area contributed by atoms with Gasteiger partial charge in [0.25, 0.3) is 0 Å². The number of ether oxygens (including phenoxy) is 5. The normalized spacial score (nSPS) is 26.8. The van der Waals surface area contributed by atoms with Crippen molar-refractivity contribution in [1.29, 1.82) is 0 Å². The van der Waals surface area contributed by atoms with E-state index in [9.17, 15) is 15.0 Å². The summed E-state index contributed by atoms with van der Waals surface area (Å²) < 4.78 is 27.2. The SMILES string of the molecule is COCO[C@H]([C@H](N)[C@H](CCO)OC(C)=O)[C@@H]1OC(C)(C)O[C@H]1CO. The van der Waals surface area contributed by atoms with Gasteiger partial charge in [-0.15, -0.1) is 0 Å². The van der Waals surface area contributed by atoms with Crippen molar-refractivity contribution in [1.82, 2.24) is 0 Å². The van der Waals surface area contributed by atoms with Crippen LogP contribution in [0.25, 0.3) is 0 Å². The maximum Gasteiger partial charge on any atom is 0.302 e. The van der Waals surface area contributed by atoms with Crippen molar-refractivity contribution in [3.63, 3.8) is 0 Å². The van der Waals surface area contributed by atoms with E-state index in [2.05, 4.69) is 0 Å². The van der Waals surface area contributed by atoms with Crippen molar-refractivity contribution < 1.29 is 38.7 Å². The Bertz CT molecular complexity index is 392. The summed E-state index contributed by atoms with van der Waals surface area (Å²) in [6, 6.07) is -0.812. The minimum absolute atomic E-state index is 0.0667. The van der Waals surface area contributed by atoms with Crippen molar-refractivity contribution in [2.24, 2.45) is 5.73 Å². The van der Waals surface area contributed by atoms with E-state index < -0.39 is 42.2 Å². The maximum atomic E-state index is 11.3. The van der Waals surface area contributed by atoms with Gasteiger partial charge in [-0.25, -0.2) is 0 Å². The number of nitrogens with two attached hydrogens (primary N) is 1. The Balaban J connectivity index is 2.98. The fourth-order valence-electron chi connectivity index (χ4n) is 2.74. The highest BCUT2D eigenvalue weighted by Crippen LogP contribution is 2.32. The molecule has 1 fully saturated rings. The van der Waals surface area contributed by atoms with Gasteiger partial charge in [-0.05, 0) is 13.8 Å². The van der Waals surface area contributed by atoms with Gasteiger partial charge in [-0.2, -0.15) is 0 Å². The average Bonchev–Trinajstić information content (AvgIpc) is 2.81. The highest BCUT2D eigenvalue weighted by atomic mass is 16.8. The van der Waals surface area contributed by atoms with E-state index >= 15 is 0 Å². The van der Waals surface area contributed by atoms with E-state index in [0.29, 0.717) is 0 Å². The Morgan fingerprint density at radius 3 is 2.50 bits per heavy atom. The molecular formula is C15H29NO8. The average molecular weight is 351 g/mol. The van der Waals surface area contributed by atoms with Crippen molar-refractivity contribution >= 4 is 5.97 Å². The molecule has 4 N–H and O–H groups in total. The molecule has 0 amide bonds. The zero-order valence-electron chi connectivity index (χ0n) is 14.6. The molecule has 0 spiro atoms. The lowest BCUT2D eigenvalue weighted by Crippen LogP contribution is -2.56. The van der Waals surface area contributed by atoms with Gasteiger partial charge in [-0.1, -0.05) is 0 Å². The van der Waals surface area contributed by atoms with Crippen LogP contribution in [0.5, 0.6) is 0 Å². The molecule has 1 aliphatic heterocycles. The second kappa shape index (κ2) is 9.62. The van der Waals surface area contributed by atoms with Gasteiger partial charge in [0.15, 0.2) is 5.79 Å². The first kappa shape index (κ1) is 21.2. The highest BCUT2D eigenvalue weighted by Gasteiger charge is 2.48. The molecule has 0 saturated carbocycles. The summed E-state index contributed by atoms with van der Waals surface area (Å²) in [7, 11) is 1.46. The molecule has 0 aliphatic carbocycles. The predicted octanol–water partition coefficient (Wildman–Crippen LogP) is -0.871. The number of aliphatic hydroxyl groups excluding tert-OH is 2. The summed E-state index contributed by atoms with van der Waals surface area (Å²) in [5, 5.41) is 18.7. The molecular weight excluding hydrogens is 322 g/mol. The molecule has 24 heavy (non-hydrogen) atoms. The first-order valence-electron chi connectivity index (χ1n) is 7.86. The third-order valence-electron chi connectivity index (χ3n) is 3.64. The van der Waals surface area contributed by atoms with Gasteiger partial charge in [0.2, 0.25) is 0 Å². The summed E-state index contributed by atoms with van der Waals surface area (Å²) in [4.78, 5) is 11.3. The molecule has 142 valence electrons. The molecule has 1 heterocycles. The van der Waals surface area contributed by atoms with Crippen molar-refractivity contribution in [3.05, 3.63) is 0 Å². The third-order valence-corrected chi connectivity index (χ3v) is 3.64. The van der Waals surface area contributed by atoms with Gasteiger partial charge < -0.3 is 39.6 Å². The number of rotatable bonds is 10. The molecule has 0 aromatic rings. The van der Waals surface area contributed by atoms with Crippen LogP contribution in [0.2, 0.25) is 0 Å². The van der Waals surface area contributed by atoms with Gasteiger partial charge in [0.1, 0.15) is 31.2 Å². The Labute approximate surface area is 142 Å². The minimum atomic E-state index is -0.916. The van der Waals surface area contributed by atoms with Crippen molar-refractivity contribution in [2.75, 3.05) is 27.1 Å². The lowest BCUT2D eigenvalue weighted by molar-refractivity contribution is -0.182. The fourth-order valence-corrected chi connectivity index (χ4v) is 2.74. The zero-order valence-corrected chi connectivity index (χ0v) is 14.6. The second-order valence-electron chi connectivity index (χ2n) is 6.10. The molecule has 0 aromatic carbocycles. The zero-order chi connectivity index (χ0) is 18.3. The largest absolute Gasteiger partial charge is 0.461 e. The van der Waals surface area contributed by atoms with Gasteiger partial charge >= 0.3 is 5.97 Å². The first-order valence-corrected chi connectivity index (χ1v) is 7.86. The monoisotopic (exact) mass is 351 g/mol. The van der Waals surface area contributed by atoms with Crippen LogP contribution in [-0.4, -0.2) is 79.5 Å². The van der Waals surface area contributed by atoms with Crippen molar-refractivity contribution in [3.8, 4) is 0 Å². The van der Waals surface area contributed by atoms with Gasteiger partial charge in [-0.3, -0.25) is 4.79 Å². The van der Waals surface area contributed by atoms with Crippen LogP contribution in [0, 0.1) is 0 Å². The van der Waals surface area contributed by atoms with Crippen LogP contribution >= 0.6 is 0 Å². The lowest BCUT2D eigenvalue weighted by Gasteiger charge is -2.34. The molecule has 1 aliphatic rings. The summed E-state index contributed by atoms with van der Waals surface area (Å²) in [5.74, 6) is -1.43. The number of hydrogen-bond donors (Lipinski definition) is 3. The topological polar surface area (TPSA) is 130 Å². The number of aliphatic hydroxyl groups is 2. The third kappa shape index (κ3) is 5.92. The number of carbonyl (C=O) groups is 1. The molecule has 0 bridgehead atoms. The lowest BCUT2D eigenvalue weighted by atomic mass is 9.95. The quantitative estimate of drug-likeness (QED) is 0.339.